The number of carbonyl (C=O) groups excluding carboxylic acids is 2. The van der Waals surface area contributed by atoms with Crippen LogP contribution < -0.4 is 11.5 Å². The average Bonchev–Trinajstić information content (AvgIpc) is 2.23. The van der Waals surface area contributed by atoms with E-state index < -0.39 is 17.6 Å². The summed E-state index contributed by atoms with van der Waals surface area (Å²) in [5.41, 5.74) is 11.1. The molecule has 0 saturated heterocycles. The van der Waals surface area contributed by atoms with Crippen LogP contribution in [0.1, 0.15) is 15.9 Å². The van der Waals surface area contributed by atoms with Crippen LogP contribution in [0.4, 0.5) is 10.1 Å². The lowest BCUT2D eigenvalue weighted by Gasteiger charge is -2.15. The molecule has 0 aliphatic carbocycles. The third-order valence-electron chi connectivity index (χ3n) is 2.37. The summed E-state index contributed by atoms with van der Waals surface area (Å²) < 4.78 is 13.4. The molecule has 4 N–H and O–H groups in total. The fourth-order valence-electron chi connectivity index (χ4n) is 1.35. The van der Waals surface area contributed by atoms with Gasteiger partial charge in [0.2, 0.25) is 5.91 Å². The number of hydrogen-bond acceptors (Lipinski definition) is 3. The molecule has 92 valence electrons. The first-order valence-corrected chi connectivity index (χ1v) is 4.92. The topological polar surface area (TPSA) is 89.4 Å². The number of nitrogens with zero attached hydrogens (tertiary/aromatic N) is 1. The number of nitrogen functional groups attached to an aromatic ring is 1. The maximum absolute atomic E-state index is 13.4. The molecule has 0 heterocycles. The molecular weight excluding hydrogens is 225 g/mol. The molecule has 0 spiro atoms. The number of amides is 2. The molecule has 1 rings (SSSR count). The van der Waals surface area contributed by atoms with E-state index in [2.05, 4.69) is 0 Å². The second kappa shape index (κ2) is 4.82. The Kier molecular flexibility index (Phi) is 3.67. The minimum absolute atomic E-state index is 0.0920. The molecule has 1 aromatic rings. The van der Waals surface area contributed by atoms with E-state index in [9.17, 15) is 14.0 Å². The van der Waals surface area contributed by atoms with Crippen LogP contribution in [0.25, 0.3) is 0 Å². The summed E-state index contributed by atoms with van der Waals surface area (Å²) >= 11 is 0. The number of anilines is 1. The fourth-order valence-corrected chi connectivity index (χ4v) is 1.35. The zero-order chi connectivity index (χ0) is 13.2. The van der Waals surface area contributed by atoms with E-state index in [-0.39, 0.29) is 17.8 Å². The smallest absolute Gasteiger partial charge is 0.254 e. The minimum Gasteiger partial charge on any atom is -0.398 e. The Bertz CT molecular complexity index is 451. The van der Waals surface area contributed by atoms with Gasteiger partial charge in [0.15, 0.2) is 0 Å². The predicted molar refractivity (Wildman–Crippen MR) is 61.7 cm³/mol. The quantitative estimate of drug-likeness (QED) is 0.742. The van der Waals surface area contributed by atoms with Gasteiger partial charge in [-0.2, -0.15) is 0 Å². The summed E-state index contributed by atoms with van der Waals surface area (Å²) in [6.07, 6.45) is 0. The second-order valence-corrected chi connectivity index (χ2v) is 3.80. The van der Waals surface area contributed by atoms with Crippen molar-refractivity contribution >= 4 is 17.5 Å². The van der Waals surface area contributed by atoms with Crippen LogP contribution in [0.2, 0.25) is 0 Å². The Labute approximate surface area is 98.2 Å². The van der Waals surface area contributed by atoms with Gasteiger partial charge in [-0.05, 0) is 19.1 Å². The molecule has 0 bridgehead atoms. The van der Waals surface area contributed by atoms with Crippen molar-refractivity contribution in [2.24, 2.45) is 5.73 Å². The van der Waals surface area contributed by atoms with Gasteiger partial charge >= 0.3 is 0 Å². The largest absolute Gasteiger partial charge is 0.398 e. The third kappa shape index (κ3) is 2.93. The predicted octanol–water partition coefficient (Wildman–Crippen LogP) is 0.274. The van der Waals surface area contributed by atoms with Crippen LogP contribution in [-0.4, -0.2) is 30.3 Å². The van der Waals surface area contributed by atoms with Crippen molar-refractivity contribution < 1.29 is 14.0 Å². The normalized spacial score (nSPS) is 10.1. The van der Waals surface area contributed by atoms with Crippen LogP contribution >= 0.6 is 0 Å². The third-order valence-corrected chi connectivity index (χ3v) is 2.37. The number of carbonyl (C=O) groups is 2. The van der Waals surface area contributed by atoms with Gasteiger partial charge < -0.3 is 16.4 Å². The molecule has 0 aliphatic heterocycles. The highest BCUT2D eigenvalue weighted by atomic mass is 19.1. The summed E-state index contributed by atoms with van der Waals surface area (Å²) in [7, 11) is 1.40. The number of likely N-dealkylation sites (N-methyl/N-ethyl adjacent to an activating group) is 1. The zero-order valence-electron chi connectivity index (χ0n) is 9.66. The molecule has 0 aliphatic rings. The first-order valence-electron chi connectivity index (χ1n) is 4.92. The highest BCUT2D eigenvalue weighted by molar-refractivity contribution is 5.97. The fraction of sp³-hybridized carbons (Fsp3) is 0.273. The molecular formula is C11H14FN3O2. The van der Waals surface area contributed by atoms with Crippen molar-refractivity contribution in [2.45, 2.75) is 6.92 Å². The lowest BCUT2D eigenvalue weighted by atomic mass is 10.1. The maximum atomic E-state index is 13.4. The molecule has 6 heteroatoms. The van der Waals surface area contributed by atoms with E-state index in [1.54, 1.807) is 0 Å². The van der Waals surface area contributed by atoms with Gasteiger partial charge in [0.1, 0.15) is 5.82 Å². The Morgan fingerprint density at radius 3 is 2.47 bits per heavy atom. The highest BCUT2D eigenvalue weighted by Gasteiger charge is 2.16. The summed E-state index contributed by atoms with van der Waals surface area (Å²) in [6, 6.07) is 2.46. The highest BCUT2D eigenvalue weighted by Crippen LogP contribution is 2.18. The Balaban J connectivity index is 3.01. The van der Waals surface area contributed by atoms with Crippen LogP contribution in [-0.2, 0) is 4.79 Å². The SMILES string of the molecule is Cc1c(N)cc(C(=O)N(C)CC(N)=O)cc1F. The van der Waals surface area contributed by atoms with E-state index in [0.717, 1.165) is 11.0 Å². The van der Waals surface area contributed by atoms with Crippen molar-refractivity contribution in [1.82, 2.24) is 4.90 Å². The Morgan fingerprint density at radius 2 is 2.00 bits per heavy atom. The Hall–Kier alpha value is -2.11. The van der Waals surface area contributed by atoms with Gasteiger partial charge in [-0.1, -0.05) is 0 Å². The van der Waals surface area contributed by atoms with Crippen LogP contribution in [0.5, 0.6) is 0 Å². The summed E-state index contributed by atoms with van der Waals surface area (Å²) in [4.78, 5) is 23.6. The molecule has 0 saturated carbocycles. The molecule has 17 heavy (non-hydrogen) atoms. The number of hydrogen-bond donors (Lipinski definition) is 2. The van der Waals surface area contributed by atoms with Crippen molar-refractivity contribution in [3.05, 3.63) is 29.1 Å². The standard InChI is InChI=1S/C11H14FN3O2/c1-6-8(12)3-7(4-9(6)13)11(17)15(2)5-10(14)16/h3-4H,5,13H2,1-2H3,(H2,14,16). The minimum atomic E-state index is -0.638. The van der Waals surface area contributed by atoms with Gasteiger partial charge in [-0.15, -0.1) is 0 Å². The van der Waals surface area contributed by atoms with E-state index in [4.69, 9.17) is 11.5 Å². The molecule has 5 nitrogen and oxygen atoms in total. The van der Waals surface area contributed by atoms with E-state index in [0.29, 0.717) is 5.56 Å². The van der Waals surface area contributed by atoms with Crippen molar-refractivity contribution in [3.8, 4) is 0 Å². The average molecular weight is 239 g/mol. The van der Waals surface area contributed by atoms with Crippen molar-refractivity contribution in [1.29, 1.82) is 0 Å². The number of primary amides is 1. The number of rotatable bonds is 3. The summed E-state index contributed by atoms with van der Waals surface area (Å²) in [6.45, 7) is 1.29. The van der Waals surface area contributed by atoms with E-state index in [1.807, 2.05) is 0 Å². The number of halogens is 1. The van der Waals surface area contributed by atoms with Crippen LogP contribution in [0.15, 0.2) is 12.1 Å². The van der Waals surface area contributed by atoms with Crippen molar-refractivity contribution in [3.63, 3.8) is 0 Å². The second-order valence-electron chi connectivity index (χ2n) is 3.80. The lowest BCUT2D eigenvalue weighted by molar-refractivity contribution is -0.118. The molecule has 0 radical (unpaired) electrons. The maximum Gasteiger partial charge on any atom is 0.254 e. The van der Waals surface area contributed by atoms with Crippen LogP contribution in [0, 0.1) is 12.7 Å². The Morgan fingerprint density at radius 1 is 1.41 bits per heavy atom. The van der Waals surface area contributed by atoms with Gasteiger partial charge in [-0.25, -0.2) is 4.39 Å². The first kappa shape index (κ1) is 13.0. The monoisotopic (exact) mass is 239 g/mol. The van der Waals surface area contributed by atoms with Crippen LogP contribution in [0.3, 0.4) is 0 Å². The van der Waals surface area contributed by atoms with Crippen molar-refractivity contribution in [2.75, 3.05) is 19.3 Å². The molecule has 0 unspecified atom stereocenters. The van der Waals surface area contributed by atoms with Gasteiger partial charge in [-0.3, -0.25) is 9.59 Å². The molecule has 2 amide bonds. The summed E-state index contributed by atoms with van der Waals surface area (Å²) in [5, 5.41) is 0. The van der Waals surface area contributed by atoms with Gasteiger partial charge in [0.05, 0.1) is 6.54 Å². The van der Waals surface area contributed by atoms with E-state index in [1.165, 1.54) is 20.0 Å². The molecule has 1 aromatic carbocycles. The molecule has 0 fully saturated rings. The lowest BCUT2D eigenvalue weighted by Crippen LogP contribution is -2.35. The van der Waals surface area contributed by atoms with Gasteiger partial charge in [0.25, 0.3) is 5.91 Å². The molecule has 0 aromatic heterocycles. The van der Waals surface area contributed by atoms with E-state index >= 15 is 0 Å². The van der Waals surface area contributed by atoms with Gasteiger partial charge in [0, 0.05) is 23.9 Å². The molecule has 0 atom stereocenters. The number of nitrogens with two attached hydrogens (primary N) is 2. The summed E-state index contributed by atoms with van der Waals surface area (Å²) in [5.74, 6) is -1.70. The zero-order valence-corrected chi connectivity index (χ0v) is 9.66. The number of benzene rings is 1. The first-order chi connectivity index (χ1) is 7.82.